The van der Waals surface area contributed by atoms with Gasteiger partial charge in [-0.25, -0.2) is 9.59 Å². The number of carbonyl (C=O) groups excluding carboxylic acids is 6. The number of esters is 5. The molecular weight excluding hydrogens is 490 g/mol. The van der Waals surface area contributed by atoms with Crippen LogP contribution in [0.5, 0.6) is 0 Å². The molecule has 204 valence electrons. The van der Waals surface area contributed by atoms with Crippen molar-refractivity contribution < 1.29 is 66.7 Å². The van der Waals surface area contributed by atoms with Gasteiger partial charge in [-0.1, -0.05) is 0 Å². The Kier molecular flexibility index (Phi) is 11.5. The summed E-state index contributed by atoms with van der Waals surface area (Å²) in [5, 5.41) is 2.41. The number of hydrogen-bond acceptors (Lipinski definition) is 14. The lowest BCUT2D eigenvalue weighted by Crippen LogP contribution is -2.69. The summed E-state index contributed by atoms with van der Waals surface area (Å²) in [7, 11) is 3.22. The number of methoxy groups -OCH3 is 3. The van der Waals surface area contributed by atoms with E-state index < -0.39 is 85.2 Å². The van der Waals surface area contributed by atoms with E-state index in [9.17, 15) is 28.8 Å². The fourth-order valence-corrected chi connectivity index (χ4v) is 3.57. The monoisotopic (exact) mass is 521 g/mol. The molecule has 0 spiro atoms. The fourth-order valence-electron chi connectivity index (χ4n) is 3.57. The van der Waals surface area contributed by atoms with Crippen LogP contribution in [0.25, 0.3) is 0 Å². The van der Waals surface area contributed by atoms with Crippen molar-refractivity contribution in [2.24, 2.45) is 0 Å². The summed E-state index contributed by atoms with van der Waals surface area (Å²) in [5.41, 5.74) is 0. The number of carbonyl (C=O) groups is 6. The molecule has 0 radical (unpaired) electrons. The zero-order valence-electron chi connectivity index (χ0n) is 21.0. The Morgan fingerprint density at radius 2 is 1.50 bits per heavy atom. The lowest BCUT2D eigenvalue weighted by molar-refractivity contribution is -0.307. The minimum Gasteiger partial charge on any atom is -0.465 e. The van der Waals surface area contributed by atoms with Crippen molar-refractivity contribution in [2.75, 3.05) is 27.9 Å². The van der Waals surface area contributed by atoms with Gasteiger partial charge in [0.15, 0.2) is 12.2 Å². The Hall–Kier alpha value is -3.46. The van der Waals surface area contributed by atoms with Crippen LogP contribution in [-0.2, 0) is 61.9 Å². The first-order chi connectivity index (χ1) is 16.8. The maximum atomic E-state index is 12.7. The Morgan fingerprint density at radius 1 is 0.889 bits per heavy atom. The van der Waals surface area contributed by atoms with Crippen molar-refractivity contribution in [3.63, 3.8) is 0 Å². The summed E-state index contributed by atoms with van der Waals surface area (Å²) < 4.78 is 41.5. The van der Waals surface area contributed by atoms with Crippen LogP contribution in [0.3, 0.4) is 0 Å². The normalized spacial score (nSPS) is 24.8. The van der Waals surface area contributed by atoms with Gasteiger partial charge in [-0.2, -0.15) is 0 Å². The Labute approximate surface area is 206 Å². The number of amides is 1. The molecule has 36 heavy (non-hydrogen) atoms. The van der Waals surface area contributed by atoms with E-state index in [0.717, 1.165) is 49.0 Å². The van der Waals surface area contributed by atoms with Crippen LogP contribution < -0.4 is 5.32 Å². The second kappa shape index (κ2) is 13.6. The Bertz CT molecular complexity index is 844. The van der Waals surface area contributed by atoms with Crippen molar-refractivity contribution in [1.82, 2.24) is 5.32 Å². The lowest BCUT2D eigenvalue weighted by atomic mass is 9.88. The first-order valence-electron chi connectivity index (χ1n) is 10.6. The zero-order valence-corrected chi connectivity index (χ0v) is 21.0. The highest BCUT2D eigenvalue weighted by Gasteiger charge is 2.59. The van der Waals surface area contributed by atoms with Crippen LogP contribution in [0.4, 0.5) is 4.79 Å². The van der Waals surface area contributed by atoms with Gasteiger partial charge < -0.3 is 43.2 Å². The van der Waals surface area contributed by atoms with Gasteiger partial charge in [0.05, 0.1) is 26.7 Å². The molecule has 1 fully saturated rings. The molecule has 0 aromatic rings. The van der Waals surface area contributed by atoms with Crippen molar-refractivity contribution >= 4 is 35.9 Å². The minimum atomic E-state index is -2.21. The van der Waals surface area contributed by atoms with Gasteiger partial charge in [-0.15, -0.1) is 0 Å². The molecule has 1 aliphatic rings. The third-order valence-electron chi connectivity index (χ3n) is 4.92. The van der Waals surface area contributed by atoms with E-state index in [-0.39, 0.29) is 0 Å². The van der Waals surface area contributed by atoms with Crippen LogP contribution in [0.2, 0.25) is 0 Å². The summed E-state index contributed by atoms with van der Waals surface area (Å²) >= 11 is 0. The van der Waals surface area contributed by atoms with Crippen LogP contribution >= 0.6 is 0 Å². The molecule has 15 nitrogen and oxygen atoms in total. The molecular formula is C21H31NO14. The molecule has 0 bridgehead atoms. The van der Waals surface area contributed by atoms with Crippen LogP contribution in [0, 0.1) is 0 Å². The summed E-state index contributed by atoms with van der Waals surface area (Å²) in [4.78, 5) is 72.1. The second-order valence-corrected chi connectivity index (χ2v) is 7.57. The van der Waals surface area contributed by atoms with E-state index in [1.165, 1.54) is 0 Å². The highest BCUT2D eigenvalue weighted by molar-refractivity contribution is 5.78. The molecule has 1 rings (SSSR count). The maximum Gasteiger partial charge on any atom is 0.407 e. The molecule has 1 aliphatic heterocycles. The SMILES string of the molecule is COC(=O)N[C@H]1[C@H]([C@H](OC(C)=O)[C@@H](COC(C)=O)OC(C)=O)O[C@@](OC)(C(=O)OC)C[C@@H]1OC(C)=O. The second-order valence-electron chi connectivity index (χ2n) is 7.57. The van der Waals surface area contributed by atoms with Crippen LogP contribution in [0.15, 0.2) is 0 Å². The van der Waals surface area contributed by atoms with Crippen molar-refractivity contribution in [3.05, 3.63) is 0 Å². The van der Waals surface area contributed by atoms with E-state index in [1.807, 2.05) is 0 Å². The van der Waals surface area contributed by atoms with Crippen molar-refractivity contribution in [2.45, 2.75) is 70.4 Å². The number of nitrogens with one attached hydrogen (secondary N) is 1. The highest BCUT2D eigenvalue weighted by Crippen LogP contribution is 2.36. The van der Waals surface area contributed by atoms with Gasteiger partial charge in [0.2, 0.25) is 0 Å². The largest absolute Gasteiger partial charge is 0.465 e. The highest BCUT2D eigenvalue weighted by atomic mass is 16.7. The first kappa shape index (κ1) is 30.6. The summed E-state index contributed by atoms with van der Waals surface area (Å²) in [6.07, 6.45) is -7.53. The van der Waals surface area contributed by atoms with Crippen molar-refractivity contribution in [3.8, 4) is 0 Å². The van der Waals surface area contributed by atoms with E-state index >= 15 is 0 Å². The van der Waals surface area contributed by atoms with Gasteiger partial charge in [-0.05, 0) is 0 Å². The van der Waals surface area contributed by atoms with Gasteiger partial charge in [0.1, 0.15) is 18.8 Å². The van der Waals surface area contributed by atoms with E-state index in [0.29, 0.717) is 0 Å². The quantitative estimate of drug-likeness (QED) is 0.283. The van der Waals surface area contributed by atoms with Gasteiger partial charge in [-0.3, -0.25) is 19.2 Å². The van der Waals surface area contributed by atoms with Crippen molar-refractivity contribution in [1.29, 1.82) is 0 Å². The minimum absolute atomic E-state index is 0.462. The topological polar surface area (TPSA) is 188 Å². The molecule has 0 aromatic carbocycles. The number of hydrogen-bond donors (Lipinski definition) is 1. The zero-order chi connectivity index (χ0) is 27.6. The summed E-state index contributed by atoms with van der Waals surface area (Å²) in [6, 6.07) is -1.35. The van der Waals surface area contributed by atoms with E-state index in [1.54, 1.807) is 0 Å². The molecule has 1 N–H and O–H groups in total. The van der Waals surface area contributed by atoms with Gasteiger partial charge >= 0.3 is 35.9 Å². The molecule has 6 atom stereocenters. The molecule has 0 unspecified atom stereocenters. The number of rotatable bonds is 10. The predicted octanol–water partition coefficient (Wildman–Crippen LogP) is -0.626. The lowest BCUT2D eigenvalue weighted by Gasteiger charge is -2.47. The van der Waals surface area contributed by atoms with Gasteiger partial charge in [0, 0.05) is 34.8 Å². The van der Waals surface area contributed by atoms with Gasteiger partial charge in [0.25, 0.3) is 5.79 Å². The van der Waals surface area contributed by atoms with Crippen LogP contribution in [0.1, 0.15) is 34.1 Å². The summed E-state index contributed by atoms with van der Waals surface area (Å²) in [6.45, 7) is 3.65. The average molecular weight is 521 g/mol. The molecule has 1 amide bonds. The predicted molar refractivity (Wildman–Crippen MR) is 114 cm³/mol. The molecule has 1 heterocycles. The smallest absolute Gasteiger partial charge is 0.407 e. The average Bonchev–Trinajstić information content (AvgIpc) is 2.79. The fraction of sp³-hybridized carbons (Fsp3) is 0.714. The third kappa shape index (κ3) is 8.34. The Balaban J connectivity index is 3.75. The maximum absolute atomic E-state index is 12.7. The standard InChI is InChI=1S/C21H31NO14/c1-10(23)32-9-15(34-12(3)25)17(35-13(4)26)18-16(22-20(28)30-6)14(33-11(2)24)8-21(31-7,36-18)19(27)29-5/h14-18H,8-9H2,1-7H3,(H,22,28)/t14-,15+,16+,17+,18+,21+/m0/s1. The third-order valence-corrected chi connectivity index (χ3v) is 4.92. The van der Waals surface area contributed by atoms with Crippen LogP contribution in [-0.4, -0.2) is 100 Å². The summed E-state index contributed by atoms with van der Waals surface area (Å²) in [5.74, 6) is -6.55. The van der Waals surface area contributed by atoms with E-state index in [2.05, 4.69) is 10.1 Å². The molecule has 15 heteroatoms. The molecule has 0 saturated carbocycles. The Morgan fingerprint density at radius 3 is 1.94 bits per heavy atom. The van der Waals surface area contributed by atoms with E-state index in [4.69, 9.17) is 33.2 Å². The first-order valence-corrected chi connectivity index (χ1v) is 10.6. The molecule has 1 saturated heterocycles. The molecule has 0 aromatic heterocycles. The number of ether oxygens (including phenoxy) is 8. The molecule has 0 aliphatic carbocycles. The number of alkyl carbamates (subject to hydrolysis) is 1.